The average Bonchev–Trinajstić information content (AvgIpc) is 2.81. The van der Waals surface area contributed by atoms with Gasteiger partial charge in [0.2, 0.25) is 0 Å². The molecule has 31 heavy (non-hydrogen) atoms. The maximum absolute atomic E-state index is 12.5. The Balaban J connectivity index is 1.54. The predicted molar refractivity (Wildman–Crippen MR) is 126 cm³/mol. The summed E-state index contributed by atoms with van der Waals surface area (Å²) in [7, 11) is 0. The van der Waals surface area contributed by atoms with Crippen LogP contribution >= 0.6 is 0 Å². The topological polar surface area (TPSA) is 58.2 Å². The standard InChI is InChI=1S/C27H36N2O2/c1-4-27(2,3)22-15-17-23(18-16-22)29-26(31)25(30)28-19-24(20-11-7-5-8-12-20)21-13-9-6-10-14-21/h5-14,22-24H,4,15-19H2,1-3H3,(H,28,30)(H,29,31). The van der Waals surface area contributed by atoms with Crippen molar-refractivity contribution in [2.24, 2.45) is 11.3 Å². The van der Waals surface area contributed by atoms with Crippen molar-refractivity contribution in [1.82, 2.24) is 10.6 Å². The van der Waals surface area contributed by atoms with Crippen LogP contribution in [-0.2, 0) is 9.59 Å². The van der Waals surface area contributed by atoms with Crippen molar-refractivity contribution in [2.75, 3.05) is 6.54 Å². The first-order chi connectivity index (χ1) is 14.9. The van der Waals surface area contributed by atoms with Gasteiger partial charge in [0.15, 0.2) is 0 Å². The van der Waals surface area contributed by atoms with Crippen LogP contribution in [-0.4, -0.2) is 24.4 Å². The molecule has 166 valence electrons. The van der Waals surface area contributed by atoms with Gasteiger partial charge in [-0.2, -0.15) is 0 Å². The van der Waals surface area contributed by atoms with E-state index in [0.29, 0.717) is 17.9 Å². The van der Waals surface area contributed by atoms with E-state index in [1.165, 1.54) is 6.42 Å². The van der Waals surface area contributed by atoms with Crippen LogP contribution in [0.4, 0.5) is 0 Å². The van der Waals surface area contributed by atoms with Crippen LogP contribution < -0.4 is 10.6 Å². The van der Waals surface area contributed by atoms with Gasteiger partial charge in [-0.15, -0.1) is 0 Å². The first-order valence-corrected chi connectivity index (χ1v) is 11.6. The lowest BCUT2D eigenvalue weighted by molar-refractivity contribution is -0.139. The number of benzene rings is 2. The lowest BCUT2D eigenvalue weighted by Gasteiger charge is -2.39. The molecule has 4 heteroatoms. The molecular weight excluding hydrogens is 384 g/mol. The molecule has 0 unspecified atom stereocenters. The van der Waals surface area contributed by atoms with Gasteiger partial charge in [-0.25, -0.2) is 0 Å². The molecule has 4 nitrogen and oxygen atoms in total. The van der Waals surface area contributed by atoms with E-state index in [0.717, 1.165) is 36.8 Å². The van der Waals surface area contributed by atoms with Crippen molar-refractivity contribution in [3.63, 3.8) is 0 Å². The normalized spacial score (nSPS) is 19.1. The number of carbonyl (C=O) groups is 2. The van der Waals surface area contributed by atoms with Gasteiger partial charge in [-0.3, -0.25) is 9.59 Å². The van der Waals surface area contributed by atoms with Gasteiger partial charge in [0.05, 0.1) is 0 Å². The second kappa shape index (κ2) is 10.6. The van der Waals surface area contributed by atoms with Crippen LogP contribution in [0.15, 0.2) is 60.7 Å². The molecule has 0 spiro atoms. The minimum atomic E-state index is -0.548. The highest BCUT2D eigenvalue weighted by Gasteiger charge is 2.32. The predicted octanol–water partition coefficient (Wildman–Crippen LogP) is 5.05. The van der Waals surface area contributed by atoms with E-state index in [9.17, 15) is 9.59 Å². The minimum absolute atomic E-state index is 0.00543. The van der Waals surface area contributed by atoms with Gasteiger partial charge in [-0.1, -0.05) is 87.9 Å². The van der Waals surface area contributed by atoms with Gasteiger partial charge in [-0.05, 0) is 48.1 Å². The molecule has 2 N–H and O–H groups in total. The Morgan fingerprint density at radius 2 is 1.39 bits per heavy atom. The van der Waals surface area contributed by atoms with Gasteiger partial charge in [0.1, 0.15) is 0 Å². The maximum Gasteiger partial charge on any atom is 0.309 e. The summed E-state index contributed by atoms with van der Waals surface area (Å²) >= 11 is 0. The van der Waals surface area contributed by atoms with Crippen LogP contribution in [0.1, 0.15) is 69.9 Å². The third kappa shape index (κ3) is 6.19. The van der Waals surface area contributed by atoms with Crippen molar-refractivity contribution in [3.8, 4) is 0 Å². The summed E-state index contributed by atoms with van der Waals surface area (Å²) in [6.45, 7) is 7.30. The number of nitrogens with one attached hydrogen (secondary N) is 2. The first kappa shape index (κ1) is 23.1. The highest BCUT2D eigenvalue weighted by molar-refractivity contribution is 6.35. The second-order valence-corrected chi connectivity index (χ2v) is 9.45. The molecule has 1 aliphatic rings. The Kier molecular flexibility index (Phi) is 7.89. The van der Waals surface area contributed by atoms with Gasteiger partial charge in [0, 0.05) is 18.5 Å². The molecule has 0 heterocycles. The Hall–Kier alpha value is -2.62. The monoisotopic (exact) mass is 420 g/mol. The number of rotatable bonds is 7. The zero-order valence-corrected chi connectivity index (χ0v) is 19.1. The Bertz CT molecular complexity index is 801. The second-order valence-electron chi connectivity index (χ2n) is 9.45. The maximum atomic E-state index is 12.5. The molecular formula is C27H36N2O2. The summed E-state index contributed by atoms with van der Waals surface area (Å²) < 4.78 is 0. The Morgan fingerprint density at radius 1 is 0.871 bits per heavy atom. The molecule has 0 saturated heterocycles. The fourth-order valence-corrected chi connectivity index (χ4v) is 4.63. The fraction of sp³-hybridized carbons (Fsp3) is 0.481. The molecule has 1 fully saturated rings. The first-order valence-electron chi connectivity index (χ1n) is 11.6. The summed E-state index contributed by atoms with van der Waals surface area (Å²) in [5.41, 5.74) is 2.58. The molecule has 0 atom stereocenters. The van der Waals surface area contributed by atoms with E-state index in [1.807, 2.05) is 36.4 Å². The Labute approximate surface area is 186 Å². The summed E-state index contributed by atoms with van der Waals surface area (Å²) in [6, 6.07) is 20.3. The quantitative estimate of drug-likeness (QED) is 0.616. The molecule has 2 aromatic carbocycles. The molecule has 0 aromatic heterocycles. The minimum Gasteiger partial charge on any atom is -0.347 e. The number of amides is 2. The molecule has 0 bridgehead atoms. The summed E-state index contributed by atoms with van der Waals surface area (Å²) in [4.78, 5) is 25.0. The Morgan fingerprint density at radius 3 is 1.87 bits per heavy atom. The summed E-state index contributed by atoms with van der Waals surface area (Å²) in [5, 5.41) is 5.82. The zero-order valence-electron chi connectivity index (χ0n) is 19.1. The molecule has 0 aliphatic heterocycles. The molecule has 2 aromatic rings. The number of hydrogen-bond donors (Lipinski definition) is 2. The third-order valence-electron chi connectivity index (χ3n) is 7.16. The van der Waals surface area contributed by atoms with Crippen molar-refractivity contribution < 1.29 is 9.59 Å². The molecule has 2 amide bonds. The smallest absolute Gasteiger partial charge is 0.309 e. The zero-order chi connectivity index (χ0) is 22.3. The molecule has 1 saturated carbocycles. The summed E-state index contributed by atoms with van der Waals surface area (Å²) in [6.07, 6.45) is 5.28. The van der Waals surface area contributed by atoms with Crippen LogP contribution in [0.5, 0.6) is 0 Å². The largest absolute Gasteiger partial charge is 0.347 e. The van der Waals surface area contributed by atoms with Gasteiger partial charge >= 0.3 is 11.8 Å². The SMILES string of the molecule is CCC(C)(C)C1CCC(NC(=O)C(=O)NCC(c2ccccc2)c2ccccc2)CC1. The van der Waals surface area contributed by atoms with Crippen LogP contribution in [0.2, 0.25) is 0 Å². The molecule has 3 rings (SSSR count). The van der Waals surface area contributed by atoms with Crippen LogP contribution in [0.3, 0.4) is 0 Å². The van der Waals surface area contributed by atoms with E-state index >= 15 is 0 Å². The van der Waals surface area contributed by atoms with Gasteiger partial charge < -0.3 is 10.6 Å². The highest BCUT2D eigenvalue weighted by Crippen LogP contribution is 2.40. The van der Waals surface area contributed by atoms with Crippen molar-refractivity contribution in [2.45, 2.75) is 64.8 Å². The van der Waals surface area contributed by atoms with E-state index in [-0.39, 0.29) is 12.0 Å². The molecule has 1 aliphatic carbocycles. The van der Waals surface area contributed by atoms with Crippen molar-refractivity contribution in [1.29, 1.82) is 0 Å². The van der Waals surface area contributed by atoms with E-state index in [1.54, 1.807) is 0 Å². The average molecular weight is 421 g/mol. The summed E-state index contributed by atoms with van der Waals surface area (Å²) in [5.74, 6) is -0.367. The fourth-order valence-electron chi connectivity index (χ4n) is 4.63. The van der Waals surface area contributed by atoms with Crippen molar-refractivity contribution >= 4 is 11.8 Å². The number of carbonyl (C=O) groups excluding carboxylic acids is 2. The van der Waals surface area contributed by atoms with Crippen molar-refractivity contribution in [3.05, 3.63) is 71.8 Å². The third-order valence-corrected chi connectivity index (χ3v) is 7.16. The highest BCUT2D eigenvalue weighted by atomic mass is 16.2. The molecule has 0 radical (unpaired) electrons. The van der Waals surface area contributed by atoms with E-state index in [2.05, 4.69) is 55.7 Å². The van der Waals surface area contributed by atoms with E-state index in [4.69, 9.17) is 0 Å². The lowest BCUT2D eigenvalue weighted by Crippen LogP contribution is -2.47. The number of hydrogen-bond acceptors (Lipinski definition) is 2. The van der Waals surface area contributed by atoms with Gasteiger partial charge in [0.25, 0.3) is 0 Å². The van der Waals surface area contributed by atoms with Crippen LogP contribution in [0.25, 0.3) is 0 Å². The van der Waals surface area contributed by atoms with Crippen LogP contribution in [0, 0.1) is 11.3 Å². The van der Waals surface area contributed by atoms with E-state index < -0.39 is 11.8 Å². The lowest BCUT2D eigenvalue weighted by atomic mass is 9.69.